The van der Waals surface area contributed by atoms with Gasteiger partial charge in [0.05, 0.1) is 6.61 Å². The van der Waals surface area contributed by atoms with E-state index in [-0.39, 0.29) is 18.7 Å². The molecule has 1 fully saturated rings. The Morgan fingerprint density at radius 1 is 1.15 bits per heavy atom. The summed E-state index contributed by atoms with van der Waals surface area (Å²) >= 11 is 0. The summed E-state index contributed by atoms with van der Waals surface area (Å²) in [6, 6.07) is 7.03. The minimum atomic E-state index is -2.59. The fourth-order valence-corrected chi connectivity index (χ4v) is 3.25. The van der Waals surface area contributed by atoms with E-state index in [1.54, 1.807) is 24.3 Å². The second-order valence-corrected chi connectivity index (χ2v) is 7.38. The second kappa shape index (κ2) is 8.80. The molecule has 0 aromatic heterocycles. The second-order valence-electron chi connectivity index (χ2n) is 7.38. The number of nitrogens with zero attached hydrogens (tertiary/aromatic N) is 1. The van der Waals surface area contributed by atoms with Gasteiger partial charge in [-0.1, -0.05) is 13.3 Å². The summed E-state index contributed by atoms with van der Waals surface area (Å²) in [5, 5.41) is 2.92. The number of alkyl halides is 2. The molecule has 1 aliphatic rings. The maximum absolute atomic E-state index is 13.5. The lowest BCUT2D eigenvalue weighted by atomic mass is 9.79. The number of halogens is 2. The van der Waals surface area contributed by atoms with E-state index in [1.165, 1.54) is 0 Å². The lowest BCUT2D eigenvalue weighted by molar-refractivity contribution is -0.0727. The molecule has 2 rings (SSSR count). The highest BCUT2D eigenvalue weighted by Gasteiger charge is 2.44. The van der Waals surface area contributed by atoms with Crippen molar-refractivity contribution in [3.63, 3.8) is 0 Å². The molecule has 0 aliphatic heterocycles. The lowest BCUT2D eigenvalue weighted by Crippen LogP contribution is -2.55. The Labute approximate surface area is 154 Å². The third kappa shape index (κ3) is 5.40. The Hall–Kier alpha value is -1.69. The fraction of sp³-hybridized carbons (Fsp3) is 0.650. The highest BCUT2D eigenvalue weighted by atomic mass is 19.3. The van der Waals surface area contributed by atoms with Gasteiger partial charge in [0.1, 0.15) is 5.75 Å². The summed E-state index contributed by atoms with van der Waals surface area (Å²) in [4.78, 5) is 14.4. The van der Waals surface area contributed by atoms with E-state index in [0.717, 1.165) is 18.6 Å². The van der Waals surface area contributed by atoms with E-state index < -0.39 is 11.5 Å². The van der Waals surface area contributed by atoms with E-state index in [2.05, 4.69) is 12.2 Å². The Morgan fingerprint density at radius 3 is 2.31 bits per heavy atom. The van der Waals surface area contributed by atoms with E-state index in [1.807, 2.05) is 19.0 Å². The van der Waals surface area contributed by atoms with Gasteiger partial charge >= 0.3 is 0 Å². The van der Waals surface area contributed by atoms with Crippen molar-refractivity contribution in [1.82, 2.24) is 10.2 Å². The van der Waals surface area contributed by atoms with Gasteiger partial charge in [0, 0.05) is 30.5 Å². The van der Waals surface area contributed by atoms with Gasteiger partial charge < -0.3 is 15.0 Å². The molecule has 1 aliphatic carbocycles. The minimum Gasteiger partial charge on any atom is -0.494 e. The first kappa shape index (κ1) is 20.6. The van der Waals surface area contributed by atoms with E-state index in [4.69, 9.17) is 4.74 Å². The first-order valence-electron chi connectivity index (χ1n) is 9.34. The van der Waals surface area contributed by atoms with Crippen LogP contribution in [0.1, 0.15) is 55.8 Å². The molecule has 0 radical (unpaired) electrons. The van der Waals surface area contributed by atoms with Crippen LogP contribution in [0, 0.1) is 0 Å². The molecule has 1 aromatic carbocycles. The molecule has 1 saturated carbocycles. The first-order valence-corrected chi connectivity index (χ1v) is 9.34. The zero-order valence-electron chi connectivity index (χ0n) is 16.0. The van der Waals surface area contributed by atoms with Crippen LogP contribution in [0.2, 0.25) is 0 Å². The summed E-state index contributed by atoms with van der Waals surface area (Å²) < 4.78 is 32.6. The SMILES string of the molecule is CCCCOc1ccc(C(=O)NCC2(N(C)C)CCC(F)(F)CC2)cc1. The Kier molecular flexibility index (Phi) is 6.98. The molecule has 0 unspecified atom stereocenters. The number of ether oxygens (including phenoxy) is 1. The fourth-order valence-electron chi connectivity index (χ4n) is 3.25. The molecule has 6 heteroatoms. The van der Waals surface area contributed by atoms with Gasteiger partial charge in [-0.25, -0.2) is 8.78 Å². The van der Waals surface area contributed by atoms with Gasteiger partial charge in [0.2, 0.25) is 5.92 Å². The molecule has 0 saturated heterocycles. The monoisotopic (exact) mass is 368 g/mol. The Morgan fingerprint density at radius 2 is 1.77 bits per heavy atom. The van der Waals surface area contributed by atoms with Crippen molar-refractivity contribution in [3.05, 3.63) is 29.8 Å². The van der Waals surface area contributed by atoms with Gasteiger partial charge in [0.25, 0.3) is 5.91 Å². The summed E-state index contributed by atoms with van der Waals surface area (Å²) in [7, 11) is 3.77. The predicted octanol–water partition coefficient (Wildman–Crippen LogP) is 4.11. The van der Waals surface area contributed by atoms with Gasteiger partial charge in [-0.2, -0.15) is 0 Å². The van der Waals surface area contributed by atoms with Crippen LogP contribution in [0.25, 0.3) is 0 Å². The average Bonchev–Trinajstić information content (AvgIpc) is 2.61. The zero-order chi connectivity index (χ0) is 19.2. The van der Waals surface area contributed by atoms with Crippen LogP contribution in [0.3, 0.4) is 0 Å². The highest BCUT2D eigenvalue weighted by Crippen LogP contribution is 2.40. The van der Waals surface area contributed by atoms with Crippen molar-refractivity contribution in [3.8, 4) is 5.75 Å². The van der Waals surface area contributed by atoms with Gasteiger partial charge in [-0.05, 0) is 57.6 Å². The average molecular weight is 368 g/mol. The quantitative estimate of drug-likeness (QED) is 0.702. The molecule has 0 spiro atoms. The molecule has 4 nitrogen and oxygen atoms in total. The molecule has 1 aromatic rings. The zero-order valence-corrected chi connectivity index (χ0v) is 16.0. The van der Waals surface area contributed by atoms with Crippen molar-refractivity contribution in [2.24, 2.45) is 0 Å². The normalized spacial score (nSPS) is 18.5. The number of rotatable bonds is 8. The molecular weight excluding hydrogens is 338 g/mol. The third-order valence-corrected chi connectivity index (χ3v) is 5.32. The maximum Gasteiger partial charge on any atom is 0.251 e. The van der Waals surface area contributed by atoms with Crippen LogP contribution in [0.15, 0.2) is 24.3 Å². The Balaban J connectivity index is 1.92. The van der Waals surface area contributed by atoms with Gasteiger partial charge in [0.15, 0.2) is 0 Å². The van der Waals surface area contributed by atoms with Crippen molar-refractivity contribution >= 4 is 5.91 Å². The lowest BCUT2D eigenvalue weighted by Gasteiger charge is -2.45. The topological polar surface area (TPSA) is 41.6 Å². The number of likely N-dealkylation sites (N-methyl/N-ethyl adjacent to an activating group) is 1. The van der Waals surface area contributed by atoms with E-state index >= 15 is 0 Å². The molecule has 26 heavy (non-hydrogen) atoms. The van der Waals surface area contributed by atoms with Crippen LogP contribution < -0.4 is 10.1 Å². The number of hydrogen-bond donors (Lipinski definition) is 1. The number of hydrogen-bond acceptors (Lipinski definition) is 3. The van der Waals surface area contributed by atoms with Crippen LogP contribution in [-0.2, 0) is 0 Å². The van der Waals surface area contributed by atoms with Crippen LogP contribution in [-0.4, -0.2) is 49.5 Å². The van der Waals surface area contributed by atoms with Gasteiger partial charge in [-0.15, -0.1) is 0 Å². The number of benzene rings is 1. The summed E-state index contributed by atoms with van der Waals surface area (Å²) in [6.07, 6.45) is 2.54. The summed E-state index contributed by atoms with van der Waals surface area (Å²) in [6.45, 7) is 3.13. The number of carbonyl (C=O) groups is 1. The molecule has 1 N–H and O–H groups in total. The first-order chi connectivity index (χ1) is 12.3. The number of unbranched alkanes of at least 4 members (excludes halogenated alkanes) is 1. The highest BCUT2D eigenvalue weighted by molar-refractivity contribution is 5.94. The predicted molar refractivity (Wildman–Crippen MR) is 99.0 cm³/mol. The standard InChI is InChI=1S/C20H30F2N2O2/c1-4-5-14-26-17-8-6-16(7-9-17)18(25)23-15-19(24(2)3)10-12-20(21,22)13-11-19/h6-9H,4-5,10-15H2,1-3H3,(H,23,25). The van der Waals surface area contributed by atoms with Crippen molar-refractivity contribution in [2.45, 2.75) is 56.9 Å². The number of amides is 1. The van der Waals surface area contributed by atoms with Crippen molar-refractivity contribution in [2.75, 3.05) is 27.2 Å². The van der Waals surface area contributed by atoms with Crippen LogP contribution >= 0.6 is 0 Å². The maximum atomic E-state index is 13.5. The largest absolute Gasteiger partial charge is 0.494 e. The summed E-state index contributed by atoms with van der Waals surface area (Å²) in [5.74, 6) is -2.03. The molecule has 0 heterocycles. The smallest absolute Gasteiger partial charge is 0.251 e. The summed E-state index contributed by atoms with van der Waals surface area (Å²) in [5.41, 5.74) is 0.128. The van der Waals surface area contributed by atoms with Crippen LogP contribution in [0.5, 0.6) is 5.75 Å². The number of nitrogens with one attached hydrogen (secondary N) is 1. The van der Waals surface area contributed by atoms with E-state index in [0.29, 0.717) is 31.6 Å². The Bertz CT molecular complexity index is 578. The van der Waals surface area contributed by atoms with E-state index in [9.17, 15) is 13.6 Å². The van der Waals surface area contributed by atoms with Crippen molar-refractivity contribution in [1.29, 1.82) is 0 Å². The third-order valence-electron chi connectivity index (χ3n) is 5.32. The molecule has 0 bridgehead atoms. The molecular formula is C20H30F2N2O2. The van der Waals surface area contributed by atoms with Gasteiger partial charge in [-0.3, -0.25) is 4.79 Å². The van der Waals surface area contributed by atoms with Crippen molar-refractivity contribution < 1.29 is 18.3 Å². The minimum absolute atomic E-state index is 0.134. The molecule has 1 amide bonds. The molecule has 0 atom stereocenters. The molecule has 146 valence electrons. The number of carbonyl (C=O) groups excluding carboxylic acids is 1. The van der Waals surface area contributed by atoms with Crippen LogP contribution in [0.4, 0.5) is 8.78 Å².